The Morgan fingerprint density at radius 2 is 2.10 bits per heavy atom. The van der Waals surface area contributed by atoms with Crippen LogP contribution in [0.3, 0.4) is 0 Å². The number of carbonyl (C=O) groups is 1. The fourth-order valence-corrected chi connectivity index (χ4v) is 4.18. The molecule has 1 aromatic carbocycles. The maximum Gasteiger partial charge on any atom is 0.233 e. The molecule has 2 aliphatic rings. The van der Waals surface area contributed by atoms with E-state index >= 15 is 0 Å². The second-order valence-electron chi connectivity index (χ2n) is 5.61. The summed E-state index contributed by atoms with van der Waals surface area (Å²) in [6.45, 7) is 4.41. The Morgan fingerprint density at radius 3 is 2.90 bits per heavy atom. The second kappa shape index (κ2) is 6.64. The second-order valence-corrected chi connectivity index (χ2v) is 6.86. The Kier molecular flexibility index (Phi) is 4.63. The molecule has 4 heteroatoms. The van der Waals surface area contributed by atoms with Gasteiger partial charge in [0.05, 0.1) is 5.25 Å². The molecule has 0 spiro atoms. The number of thioether (sulfide) groups is 1. The summed E-state index contributed by atoms with van der Waals surface area (Å²) in [5.41, 5.74) is 1.31. The average molecular weight is 290 g/mol. The summed E-state index contributed by atoms with van der Waals surface area (Å²) < 4.78 is 0. The van der Waals surface area contributed by atoms with E-state index in [-0.39, 0.29) is 11.2 Å². The summed E-state index contributed by atoms with van der Waals surface area (Å²) >= 11 is 1.71. The van der Waals surface area contributed by atoms with E-state index in [0.29, 0.717) is 0 Å². The number of benzene rings is 1. The van der Waals surface area contributed by atoms with Gasteiger partial charge in [-0.05, 0) is 56.9 Å². The molecule has 1 N–H and O–H groups in total. The minimum Gasteiger partial charge on any atom is -0.355 e. The van der Waals surface area contributed by atoms with Gasteiger partial charge in [0.25, 0.3) is 0 Å². The van der Waals surface area contributed by atoms with E-state index in [2.05, 4.69) is 28.4 Å². The van der Waals surface area contributed by atoms with E-state index in [1.807, 2.05) is 6.07 Å². The lowest BCUT2D eigenvalue weighted by molar-refractivity contribution is -0.120. The molecular weight excluding hydrogens is 268 g/mol. The number of hydrogen-bond donors (Lipinski definition) is 1. The largest absolute Gasteiger partial charge is 0.355 e. The van der Waals surface area contributed by atoms with Crippen molar-refractivity contribution in [2.75, 3.05) is 26.2 Å². The summed E-state index contributed by atoms with van der Waals surface area (Å²) in [6, 6.07) is 8.33. The first-order valence-corrected chi connectivity index (χ1v) is 8.45. The van der Waals surface area contributed by atoms with Crippen LogP contribution in [0.1, 0.15) is 24.8 Å². The standard InChI is InChI=1S/C16H22N2OS/c19-16(17-8-5-11-18-9-3-4-10-18)15-12-13-6-1-2-7-14(13)20-15/h1-2,6-7,15H,3-5,8-12H2,(H,17,19)/t15-/m0/s1. The van der Waals surface area contributed by atoms with Gasteiger partial charge in [0.15, 0.2) is 0 Å². The first-order chi connectivity index (χ1) is 9.83. The third-order valence-corrected chi connectivity index (χ3v) is 5.41. The van der Waals surface area contributed by atoms with E-state index in [1.165, 1.54) is 36.4 Å². The van der Waals surface area contributed by atoms with Crippen LogP contribution in [0.25, 0.3) is 0 Å². The van der Waals surface area contributed by atoms with Crippen molar-refractivity contribution >= 4 is 17.7 Å². The van der Waals surface area contributed by atoms with E-state index in [0.717, 1.165) is 25.9 Å². The van der Waals surface area contributed by atoms with Crippen LogP contribution in [0, 0.1) is 0 Å². The van der Waals surface area contributed by atoms with Gasteiger partial charge in [0.2, 0.25) is 5.91 Å². The number of amides is 1. The number of likely N-dealkylation sites (tertiary alicyclic amines) is 1. The summed E-state index contributed by atoms with van der Waals surface area (Å²) in [6.07, 6.45) is 4.61. The lowest BCUT2D eigenvalue weighted by Gasteiger charge is -2.15. The molecule has 0 aromatic heterocycles. The van der Waals surface area contributed by atoms with Gasteiger partial charge in [-0.15, -0.1) is 11.8 Å². The van der Waals surface area contributed by atoms with Crippen molar-refractivity contribution in [2.45, 2.75) is 35.8 Å². The van der Waals surface area contributed by atoms with Crippen LogP contribution in [-0.4, -0.2) is 42.2 Å². The quantitative estimate of drug-likeness (QED) is 0.845. The third kappa shape index (κ3) is 3.36. The van der Waals surface area contributed by atoms with Crippen molar-refractivity contribution in [2.24, 2.45) is 0 Å². The van der Waals surface area contributed by atoms with Crippen LogP contribution in [0.15, 0.2) is 29.2 Å². The zero-order valence-corrected chi connectivity index (χ0v) is 12.6. The Hall–Kier alpha value is -1.00. The molecule has 20 heavy (non-hydrogen) atoms. The maximum atomic E-state index is 12.2. The highest BCUT2D eigenvalue weighted by Gasteiger charge is 2.27. The summed E-state index contributed by atoms with van der Waals surface area (Å²) in [5, 5.41) is 3.17. The van der Waals surface area contributed by atoms with Gasteiger partial charge >= 0.3 is 0 Å². The molecule has 1 fully saturated rings. The Labute approximate surface area is 125 Å². The molecule has 0 radical (unpaired) electrons. The fraction of sp³-hybridized carbons (Fsp3) is 0.562. The number of carbonyl (C=O) groups excluding carboxylic acids is 1. The van der Waals surface area contributed by atoms with Crippen molar-refractivity contribution in [3.05, 3.63) is 29.8 Å². The Morgan fingerprint density at radius 1 is 1.30 bits per heavy atom. The molecule has 1 aromatic rings. The van der Waals surface area contributed by atoms with Crippen molar-refractivity contribution in [3.63, 3.8) is 0 Å². The monoisotopic (exact) mass is 290 g/mol. The highest BCUT2D eigenvalue weighted by atomic mass is 32.2. The minimum atomic E-state index is 0.0687. The Bertz CT molecular complexity index is 446. The normalized spacial score (nSPS) is 21.9. The van der Waals surface area contributed by atoms with Gasteiger partial charge in [-0.1, -0.05) is 18.2 Å². The van der Waals surface area contributed by atoms with Gasteiger partial charge in [0, 0.05) is 11.4 Å². The van der Waals surface area contributed by atoms with Gasteiger partial charge in [0.1, 0.15) is 0 Å². The van der Waals surface area contributed by atoms with E-state index < -0.39 is 0 Å². The molecule has 0 saturated carbocycles. The molecule has 0 aliphatic carbocycles. The summed E-state index contributed by atoms with van der Waals surface area (Å²) in [7, 11) is 0. The van der Waals surface area contributed by atoms with Crippen molar-refractivity contribution in [3.8, 4) is 0 Å². The van der Waals surface area contributed by atoms with Gasteiger partial charge < -0.3 is 10.2 Å². The van der Waals surface area contributed by atoms with Crippen molar-refractivity contribution < 1.29 is 4.79 Å². The number of hydrogen-bond acceptors (Lipinski definition) is 3. The van der Waals surface area contributed by atoms with Crippen LogP contribution >= 0.6 is 11.8 Å². The summed E-state index contributed by atoms with van der Waals surface area (Å²) in [4.78, 5) is 15.9. The molecule has 1 atom stereocenters. The van der Waals surface area contributed by atoms with Crippen molar-refractivity contribution in [1.82, 2.24) is 10.2 Å². The highest BCUT2D eigenvalue weighted by molar-refractivity contribution is 8.01. The topological polar surface area (TPSA) is 32.3 Å². The molecule has 108 valence electrons. The van der Waals surface area contributed by atoms with Crippen LogP contribution in [0.2, 0.25) is 0 Å². The molecule has 2 heterocycles. The zero-order chi connectivity index (χ0) is 13.8. The zero-order valence-electron chi connectivity index (χ0n) is 11.8. The smallest absolute Gasteiger partial charge is 0.233 e. The highest BCUT2D eigenvalue weighted by Crippen LogP contribution is 2.36. The molecule has 3 nitrogen and oxygen atoms in total. The first-order valence-electron chi connectivity index (χ1n) is 7.57. The molecule has 3 rings (SSSR count). The lowest BCUT2D eigenvalue weighted by Crippen LogP contribution is -2.34. The number of nitrogens with one attached hydrogen (secondary N) is 1. The van der Waals surface area contributed by atoms with E-state index in [4.69, 9.17) is 0 Å². The summed E-state index contributed by atoms with van der Waals surface area (Å²) in [5.74, 6) is 0.202. The predicted octanol–water partition coefficient (Wildman–Crippen LogP) is 2.31. The molecule has 0 bridgehead atoms. The predicted molar refractivity (Wildman–Crippen MR) is 83.1 cm³/mol. The fourth-order valence-electron chi connectivity index (χ4n) is 2.96. The van der Waals surface area contributed by atoms with Crippen molar-refractivity contribution in [1.29, 1.82) is 0 Å². The van der Waals surface area contributed by atoms with Crippen LogP contribution in [0.5, 0.6) is 0 Å². The van der Waals surface area contributed by atoms with E-state index in [9.17, 15) is 4.79 Å². The first kappa shape index (κ1) is 14.0. The number of nitrogens with zero attached hydrogens (tertiary/aromatic N) is 1. The average Bonchev–Trinajstić information content (AvgIpc) is 3.12. The third-order valence-electron chi connectivity index (χ3n) is 4.09. The maximum absolute atomic E-state index is 12.2. The van der Waals surface area contributed by atoms with Crippen LogP contribution in [-0.2, 0) is 11.2 Å². The number of rotatable bonds is 5. The van der Waals surface area contributed by atoms with E-state index in [1.54, 1.807) is 11.8 Å². The molecule has 0 unspecified atom stereocenters. The minimum absolute atomic E-state index is 0.0687. The Balaban J connectivity index is 1.38. The molecule has 2 aliphatic heterocycles. The SMILES string of the molecule is O=C(NCCCN1CCCC1)[C@@H]1Cc2ccccc2S1. The van der Waals surface area contributed by atoms with Crippen LogP contribution in [0.4, 0.5) is 0 Å². The lowest BCUT2D eigenvalue weighted by atomic mass is 10.1. The number of fused-ring (bicyclic) bond motifs is 1. The van der Waals surface area contributed by atoms with Gasteiger partial charge in [-0.25, -0.2) is 0 Å². The molecule has 1 saturated heterocycles. The van der Waals surface area contributed by atoms with Crippen LogP contribution < -0.4 is 5.32 Å². The molecule has 1 amide bonds. The van der Waals surface area contributed by atoms with Gasteiger partial charge in [-0.3, -0.25) is 4.79 Å². The molecular formula is C16H22N2OS. The van der Waals surface area contributed by atoms with Gasteiger partial charge in [-0.2, -0.15) is 0 Å².